The number of carbonyl (C=O) groups is 1. The summed E-state index contributed by atoms with van der Waals surface area (Å²) >= 11 is 0. The maximum atomic E-state index is 13.5. The van der Waals surface area contributed by atoms with Crippen LogP contribution < -0.4 is 10.6 Å². The molecular formula is C18H18FN3O. The monoisotopic (exact) mass is 311 g/mol. The number of aromatic nitrogens is 1. The van der Waals surface area contributed by atoms with Gasteiger partial charge in [-0.05, 0) is 37.6 Å². The summed E-state index contributed by atoms with van der Waals surface area (Å²) in [6.07, 6.45) is 1.90. The lowest BCUT2D eigenvalue weighted by Gasteiger charge is -2.07. The van der Waals surface area contributed by atoms with Crippen LogP contribution in [0.5, 0.6) is 0 Å². The van der Waals surface area contributed by atoms with E-state index >= 15 is 0 Å². The maximum absolute atomic E-state index is 13.5. The molecule has 5 heteroatoms. The molecule has 2 aromatic carbocycles. The number of benzene rings is 2. The quantitative estimate of drug-likeness (QED) is 0.720. The summed E-state index contributed by atoms with van der Waals surface area (Å²) in [7, 11) is 0. The minimum Gasteiger partial charge on any atom is -0.346 e. The normalized spacial score (nSPS) is 10.7. The van der Waals surface area contributed by atoms with Crippen molar-refractivity contribution in [2.24, 2.45) is 0 Å². The summed E-state index contributed by atoms with van der Waals surface area (Å²) < 4.78 is 15.6. The van der Waals surface area contributed by atoms with E-state index in [2.05, 4.69) is 15.2 Å². The van der Waals surface area contributed by atoms with Crippen LogP contribution in [0.3, 0.4) is 0 Å². The molecule has 4 nitrogen and oxygen atoms in total. The third-order valence-corrected chi connectivity index (χ3v) is 3.81. The number of hydrogen-bond acceptors (Lipinski definition) is 1. The van der Waals surface area contributed by atoms with Crippen LogP contribution in [-0.4, -0.2) is 10.6 Å². The van der Waals surface area contributed by atoms with E-state index in [0.29, 0.717) is 11.3 Å². The first-order chi connectivity index (χ1) is 11.1. The van der Waals surface area contributed by atoms with Gasteiger partial charge in [0.05, 0.1) is 11.2 Å². The van der Waals surface area contributed by atoms with Gasteiger partial charge < -0.3 is 15.2 Å². The molecule has 0 saturated carbocycles. The Morgan fingerprint density at radius 2 is 1.96 bits per heavy atom. The van der Waals surface area contributed by atoms with Crippen molar-refractivity contribution in [3.8, 4) is 0 Å². The van der Waals surface area contributed by atoms with Gasteiger partial charge in [-0.15, -0.1) is 0 Å². The van der Waals surface area contributed by atoms with Crippen LogP contribution in [-0.2, 0) is 6.54 Å². The highest BCUT2D eigenvalue weighted by molar-refractivity contribution is 6.06. The first kappa shape index (κ1) is 15.1. The number of anilines is 2. The Balaban J connectivity index is 1.81. The third-order valence-electron chi connectivity index (χ3n) is 3.81. The number of rotatable bonds is 3. The third kappa shape index (κ3) is 3.04. The zero-order valence-corrected chi connectivity index (χ0v) is 13.1. The van der Waals surface area contributed by atoms with Gasteiger partial charge in [-0.1, -0.05) is 24.3 Å². The van der Waals surface area contributed by atoms with Crippen molar-refractivity contribution in [3.63, 3.8) is 0 Å². The van der Waals surface area contributed by atoms with Crippen LogP contribution in [0.15, 0.2) is 48.7 Å². The number of nitrogens with one attached hydrogen (secondary N) is 2. The molecule has 0 aliphatic heterocycles. The van der Waals surface area contributed by atoms with Crippen LogP contribution in [0.25, 0.3) is 10.9 Å². The molecular weight excluding hydrogens is 293 g/mol. The number of hydrogen-bond donors (Lipinski definition) is 2. The fourth-order valence-electron chi connectivity index (χ4n) is 2.56. The van der Waals surface area contributed by atoms with Gasteiger partial charge in [-0.2, -0.15) is 0 Å². The molecule has 0 spiro atoms. The smallest absolute Gasteiger partial charge is 0.323 e. The SMILES string of the molecule is CCn1cc(NC(=O)Nc2ccc(C)c(F)c2)c2ccccc21. The molecule has 1 aromatic heterocycles. The Morgan fingerprint density at radius 1 is 1.17 bits per heavy atom. The Bertz CT molecular complexity index is 870. The van der Waals surface area contributed by atoms with Crippen molar-refractivity contribution in [2.75, 3.05) is 10.6 Å². The lowest BCUT2D eigenvalue weighted by molar-refractivity contribution is 0.262. The molecule has 0 aliphatic carbocycles. The second-order valence-electron chi connectivity index (χ2n) is 5.39. The first-order valence-electron chi connectivity index (χ1n) is 7.50. The summed E-state index contributed by atoms with van der Waals surface area (Å²) in [5.74, 6) is -0.342. The number of urea groups is 1. The molecule has 1 heterocycles. The number of aryl methyl sites for hydroxylation is 2. The van der Waals surface area contributed by atoms with Crippen molar-refractivity contribution < 1.29 is 9.18 Å². The summed E-state index contributed by atoms with van der Waals surface area (Å²) in [5.41, 5.74) is 2.76. The topological polar surface area (TPSA) is 46.1 Å². The van der Waals surface area contributed by atoms with E-state index in [4.69, 9.17) is 0 Å². The standard InChI is InChI=1S/C18H18FN3O/c1-3-22-11-16(14-6-4-5-7-17(14)22)21-18(23)20-13-9-8-12(2)15(19)10-13/h4-11H,3H2,1-2H3,(H2,20,21,23). The van der Waals surface area contributed by atoms with Gasteiger partial charge in [0.2, 0.25) is 0 Å². The highest BCUT2D eigenvalue weighted by atomic mass is 19.1. The highest BCUT2D eigenvalue weighted by Crippen LogP contribution is 2.26. The second kappa shape index (κ2) is 6.12. The van der Waals surface area contributed by atoms with Crippen LogP contribution >= 0.6 is 0 Å². The van der Waals surface area contributed by atoms with Gasteiger partial charge in [-0.25, -0.2) is 9.18 Å². The van der Waals surface area contributed by atoms with Crippen LogP contribution in [0.2, 0.25) is 0 Å². The van der Waals surface area contributed by atoms with E-state index in [1.54, 1.807) is 19.1 Å². The molecule has 0 saturated heterocycles. The van der Waals surface area contributed by atoms with Crippen molar-refractivity contribution in [1.29, 1.82) is 0 Å². The number of nitrogens with zero attached hydrogens (tertiary/aromatic N) is 1. The van der Waals surface area contributed by atoms with Crippen LogP contribution in [0, 0.1) is 12.7 Å². The van der Waals surface area contributed by atoms with Crippen molar-refractivity contribution in [3.05, 3.63) is 60.0 Å². The summed E-state index contributed by atoms with van der Waals surface area (Å²) in [5, 5.41) is 6.45. The highest BCUT2D eigenvalue weighted by Gasteiger charge is 2.10. The molecule has 0 fully saturated rings. The zero-order chi connectivity index (χ0) is 16.4. The minimum atomic E-state index is -0.396. The summed E-state index contributed by atoms with van der Waals surface area (Å²) in [4.78, 5) is 12.2. The number of para-hydroxylation sites is 1. The van der Waals surface area contributed by atoms with Crippen LogP contribution in [0.4, 0.5) is 20.6 Å². The van der Waals surface area contributed by atoms with Crippen molar-refractivity contribution in [1.82, 2.24) is 4.57 Å². The first-order valence-corrected chi connectivity index (χ1v) is 7.50. The minimum absolute atomic E-state index is 0.342. The molecule has 23 heavy (non-hydrogen) atoms. The molecule has 0 unspecified atom stereocenters. The van der Waals surface area contributed by atoms with E-state index in [1.165, 1.54) is 6.07 Å². The van der Waals surface area contributed by atoms with Crippen LogP contribution in [0.1, 0.15) is 12.5 Å². The largest absolute Gasteiger partial charge is 0.346 e. The number of carbonyl (C=O) groups excluding carboxylic acids is 1. The Labute approximate surface area is 133 Å². The molecule has 3 rings (SSSR count). The fourth-order valence-corrected chi connectivity index (χ4v) is 2.56. The van der Waals surface area contributed by atoms with E-state index in [-0.39, 0.29) is 5.82 Å². The van der Waals surface area contributed by atoms with Crippen molar-refractivity contribution in [2.45, 2.75) is 20.4 Å². The molecule has 0 atom stereocenters. The molecule has 2 N–H and O–H groups in total. The average Bonchev–Trinajstić information content (AvgIpc) is 2.89. The number of fused-ring (bicyclic) bond motifs is 1. The van der Waals surface area contributed by atoms with E-state index in [0.717, 1.165) is 23.1 Å². The molecule has 0 bridgehead atoms. The van der Waals surface area contributed by atoms with Gasteiger partial charge in [0.25, 0.3) is 0 Å². The van der Waals surface area contributed by atoms with Crippen molar-refractivity contribution >= 4 is 28.3 Å². The number of halogens is 1. The van der Waals surface area contributed by atoms with Gasteiger partial charge in [0, 0.05) is 23.8 Å². The van der Waals surface area contributed by atoms with E-state index in [1.807, 2.05) is 37.4 Å². The van der Waals surface area contributed by atoms with Gasteiger partial charge in [0.1, 0.15) is 5.82 Å². The molecule has 3 aromatic rings. The van der Waals surface area contributed by atoms with Gasteiger partial charge >= 0.3 is 6.03 Å². The second-order valence-corrected chi connectivity index (χ2v) is 5.39. The number of amides is 2. The van der Waals surface area contributed by atoms with E-state index in [9.17, 15) is 9.18 Å². The summed E-state index contributed by atoms with van der Waals surface area (Å²) in [6.45, 7) is 4.54. The predicted molar refractivity (Wildman–Crippen MR) is 91.4 cm³/mol. The van der Waals surface area contributed by atoms with Gasteiger partial charge in [-0.3, -0.25) is 0 Å². The molecule has 0 radical (unpaired) electrons. The van der Waals surface area contributed by atoms with E-state index < -0.39 is 6.03 Å². The Kier molecular flexibility index (Phi) is 4.02. The molecule has 2 amide bonds. The Morgan fingerprint density at radius 3 is 2.70 bits per heavy atom. The predicted octanol–water partition coefficient (Wildman–Crippen LogP) is 4.75. The maximum Gasteiger partial charge on any atom is 0.323 e. The lowest BCUT2D eigenvalue weighted by atomic mass is 10.2. The van der Waals surface area contributed by atoms with Gasteiger partial charge in [0.15, 0.2) is 0 Å². The molecule has 118 valence electrons. The zero-order valence-electron chi connectivity index (χ0n) is 13.1. The lowest BCUT2D eigenvalue weighted by Crippen LogP contribution is -2.19. The fraction of sp³-hybridized carbons (Fsp3) is 0.167. The Hall–Kier alpha value is -2.82. The molecule has 0 aliphatic rings. The average molecular weight is 311 g/mol. The summed E-state index contributed by atoms with van der Waals surface area (Å²) in [6, 6.07) is 12.1.